The van der Waals surface area contributed by atoms with Gasteiger partial charge in [0.1, 0.15) is 15.6 Å². The monoisotopic (exact) mass is 330 g/mol. The van der Waals surface area contributed by atoms with Crippen molar-refractivity contribution in [2.45, 2.75) is 18.7 Å². The number of nitrogens with one attached hydrogen (secondary N) is 2. The van der Waals surface area contributed by atoms with E-state index < -0.39 is 15.4 Å². The predicted molar refractivity (Wildman–Crippen MR) is 83.2 cm³/mol. The molecule has 0 aliphatic heterocycles. The molecule has 0 saturated heterocycles. The number of pyridine rings is 1. The second-order valence-corrected chi connectivity index (χ2v) is 7.18. The highest BCUT2D eigenvalue weighted by atomic mass is 32.2. The lowest BCUT2D eigenvalue weighted by atomic mass is 9.93. The highest BCUT2D eigenvalue weighted by Gasteiger charge is 2.30. The van der Waals surface area contributed by atoms with Crippen molar-refractivity contribution in [2.24, 2.45) is 11.1 Å². The van der Waals surface area contributed by atoms with Crippen LogP contribution in [0.15, 0.2) is 23.2 Å². The first-order valence-electron chi connectivity index (χ1n) is 6.08. The fraction of sp³-hybridized carbons (Fsp3) is 0.417. The molecule has 1 heterocycles. The topological polar surface area (TPSA) is 114 Å². The van der Waals surface area contributed by atoms with Gasteiger partial charge >= 0.3 is 0 Å². The number of nitrogens with zero attached hydrogens (tertiary/aromatic N) is 1. The van der Waals surface area contributed by atoms with Crippen LogP contribution in [0.5, 0.6) is 0 Å². The number of aromatic nitrogens is 1. The van der Waals surface area contributed by atoms with Crippen molar-refractivity contribution in [1.29, 1.82) is 0 Å². The normalized spacial score (nSPS) is 12.0. The summed E-state index contributed by atoms with van der Waals surface area (Å²) in [6.07, 6.45) is 1.40. The first kappa shape index (κ1) is 17.5. The Balaban J connectivity index is 3.04. The fourth-order valence-electron chi connectivity index (χ4n) is 1.56. The SMILES string of the molecule is CNC(=O)C(C)(C)CNS(=O)(=O)c1cccnc1C(N)=S. The number of amides is 1. The molecule has 116 valence electrons. The molecule has 4 N–H and O–H groups in total. The summed E-state index contributed by atoms with van der Waals surface area (Å²) < 4.78 is 27.0. The molecule has 1 aromatic rings. The molecule has 0 spiro atoms. The molecule has 21 heavy (non-hydrogen) atoms. The van der Waals surface area contributed by atoms with Gasteiger partial charge < -0.3 is 11.1 Å². The Morgan fingerprint density at radius 2 is 2.10 bits per heavy atom. The molecule has 9 heteroatoms. The van der Waals surface area contributed by atoms with E-state index in [4.69, 9.17) is 18.0 Å². The van der Waals surface area contributed by atoms with Crippen molar-refractivity contribution in [1.82, 2.24) is 15.0 Å². The molecular formula is C12H18N4O3S2. The molecule has 1 amide bonds. The van der Waals surface area contributed by atoms with Crippen molar-refractivity contribution in [3.63, 3.8) is 0 Å². The highest BCUT2D eigenvalue weighted by Crippen LogP contribution is 2.17. The molecule has 7 nitrogen and oxygen atoms in total. The van der Waals surface area contributed by atoms with Crippen molar-refractivity contribution < 1.29 is 13.2 Å². The Hall–Kier alpha value is -1.58. The third-order valence-corrected chi connectivity index (χ3v) is 4.47. The summed E-state index contributed by atoms with van der Waals surface area (Å²) in [4.78, 5) is 15.3. The molecule has 0 bridgehead atoms. The van der Waals surface area contributed by atoms with Crippen LogP contribution < -0.4 is 15.8 Å². The first-order chi connectivity index (χ1) is 9.62. The maximum absolute atomic E-state index is 12.3. The lowest BCUT2D eigenvalue weighted by molar-refractivity contribution is -0.128. The van der Waals surface area contributed by atoms with Crippen molar-refractivity contribution >= 4 is 33.1 Å². The molecule has 0 radical (unpaired) electrons. The summed E-state index contributed by atoms with van der Waals surface area (Å²) >= 11 is 4.80. The Morgan fingerprint density at radius 3 is 2.62 bits per heavy atom. The zero-order valence-electron chi connectivity index (χ0n) is 12.0. The van der Waals surface area contributed by atoms with Gasteiger partial charge in [0.25, 0.3) is 0 Å². The van der Waals surface area contributed by atoms with Gasteiger partial charge in [0.2, 0.25) is 15.9 Å². The average Bonchev–Trinajstić information content (AvgIpc) is 2.44. The molecule has 0 saturated carbocycles. The lowest BCUT2D eigenvalue weighted by Gasteiger charge is -2.23. The van der Waals surface area contributed by atoms with Gasteiger partial charge in [-0.05, 0) is 26.0 Å². The Bertz CT molecular complexity index is 656. The standard InChI is InChI=1S/C12H18N4O3S2/c1-12(2,11(17)14-3)7-16-21(18,19)8-5-4-6-15-9(8)10(13)20/h4-6,16H,7H2,1-3H3,(H2,13,20)(H,14,17). The molecule has 0 atom stereocenters. The van der Waals surface area contributed by atoms with E-state index in [9.17, 15) is 13.2 Å². The number of carbonyl (C=O) groups is 1. The largest absolute Gasteiger partial charge is 0.388 e. The van der Waals surface area contributed by atoms with Crippen molar-refractivity contribution in [2.75, 3.05) is 13.6 Å². The van der Waals surface area contributed by atoms with Crippen LogP contribution in [0, 0.1) is 5.41 Å². The third kappa shape index (κ3) is 4.19. The van der Waals surface area contributed by atoms with Gasteiger partial charge in [-0.2, -0.15) is 0 Å². The van der Waals surface area contributed by atoms with Gasteiger partial charge in [0.15, 0.2) is 0 Å². The van der Waals surface area contributed by atoms with E-state index in [0.29, 0.717) is 0 Å². The molecule has 0 aliphatic carbocycles. The maximum Gasteiger partial charge on any atom is 0.242 e. The fourth-order valence-corrected chi connectivity index (χ4v) is 3.17. The second-order valence-electron chi connectivity index (χ2n) is 5.00. The number of rotatable bonds is 6. The van der Waals surface area contributed by atoms with Crippen molar-refractivity contribution in [3.8, 4) is 0 Å². The summed E-state index contributed by atoms with van der Waals surface area (Å²) in [5, 5.41) is 2.48. The van der Waals surface area contributed by atoms with Crippen LogP contribution in [0.2, 0.25) is 0 Å². The second kappa shape index (κ2) is 6.46. The van der Waals surface area contributed by atoms with Gasteiger partial charge in [0, 0.05) is 19.8 Å². The van der Waals surface area contributed by atoms with Crippen LogP contribution in [0.1, 0.15) is 19.5 Å². The summed E-state index contributed by atoms with van der Waals surface area (Å²) in [6.45, 7) is 3.19. The van der Waals surface area contributed by atoms with E-state index in [1.807, 2.05) is 0 Å². The Morgan fingerprint density at radius 1 is 1.48 bits per heavy atom. The minimum atomic E-state index is -3.87. The minimum Gasteiger partial charge on any atom is -0.388 e. The molecule has 0 aromatic carbocycles. The molecule has 1 aromatic heterocycles. The number of nitrogens with two attached hydrogens (primary N) is 1. The molecule has 1 rings (SSSR count). The van der Waals surface area contributed by atoms with Crippen LogP contribution in [0.3, 0.4) is 0 Å². The van der Waals surface area contributed by atoms with E-state index in [2.05, 4.69) is 15.0 Å². The van der Waals surface area contributed by atoms with Gasteiger partial charge in [-0.25, -0.2) is 13.1 Å². The number of hydrogen-bond donors (Lipinski definition) is 3. The minimum absolute atomic E-state index is 0.0257. The van der Waals surface area contributed by atoms with Gasteiger partial charge in [-0.15, -0.1) is 0 Å². The first-order valence-corrected chi connectivity index (χ1v) is 7.97. The smallest absolute Gasteiger partial charge is 0.242 e. The van der Waals surface area contributed by atoms with Crippen LogP contribution in [-0.4, -0.2) is 37.9 Å². The highest BCUT2D eigenvalue weighted by molar-refractivity contribution is 7.89. The molecule has 0 unspecified atom stereocenters. The Kier molecular flexibility index (Phi) is 5.37. The number of sulfonamides is 1. The number of hydrogen-bond acceptors (Lipinski definition) is 5. The average molecular weight is 330 g/mol. The van der Waals surface area contributed by atoms with Crippen molar-refractivity contribution in [3.05, 3.63) is 24.0 Å². The molecule has 0 fully saturated rings. The van der Waals surface area contributed by atoms with Crippen LogP contribution in [0.4, 0.5) is 0 Å². The van der Waals surface area contributed by atoms with E-state index in [-0.39, 0.29) is 28.0 Å². The van der Waals surface area contributed by atoms with Gasteiger partial charge in [0.05, 0.1) is 5.41 Å². The zero-order valence-corrected chi connectivity index (χ0v) is 13.6. The molecule has 0 aliphatic rings. The van der Waals surface area contributed by atoms with E-state index in [1.54, 1.807) is 13.8 Å². The zero-order chi connectivity index (χ0) is 16.3. The summed E-state index contributed by atoms with van der Waals surface area (Å²) in [5.41, 5.74) is 4.61. The summed E-state index contributed by atoms with van der Waals surface area (Å²) in [6, 6.07) is 2.83. The quantitative estimate of drug-likeness (QED) is 0.621. The lowest BCUT2D eigenvalue weighted by Crippen LogP contribution is -2.44. The van der Waals surface area contributed by atoms with Crippen LogP contribution >= 0.6 is 12.2 Å². The maximum atomic E-state index is 12.3. The molecular weight excluding hydrogens is 312 g/mol. The summed E-state index contributed by atoms with van der Waals surface area (Å²) in [5.74, 6) is -0.272. The third-order valence-electron chi connectivity index (χ3n) is 2.84. The number of carbonyl (C=O) groups excluding carboxylic acids is 1. The van der Waals surface area contributed by atoms with E-state index in [1.165, 1.54) is 25.4 Å². The Labute approximate surface area is 129 Å². The van der Waals surface area contributed by atoms with Crippen LogP contribution in [-0.2, 0) is 14.8 Å². The summed E-state index contributed by atoms with van der Waals surface area (Å²) in [7, 11) is -2.38. The van der Waals surface area contributed by atoms with Gasteiger partial charge in [-0.1, -0.05) is 12.2 Å². The van der Waals surface area contributed by atoms with E-state index in [0.717, 1.165) is 0 Å². The number of thiocarbonyl (C=S) groups is 1. The van der Waals surface area contributed by atoms with Gasteiger partial charge in [-0.3, -0.25) is 9.78 Å². The van der Waals surface area contributed by atoms with Crippen LogP contribution in [0.25, 0.3) is 0 Å². The van der Waals surface area contributed by atoms with E-state index >= 15 is 0 Å². The predicted octanol–water partition coefficient (Wildman–Crippen LogP) is -0.234.